The molecule has 0 unspecified atom stereocenters. The summed E-state index contributed by atoms with van der Waals surface area (Å²) in [6.07, 6.45) is 4.24. The molecule has 0 aromatic carbocycles. The number of aromatic nitrogens is 4. The Morgan fingerprint density at radius 3 is 2.62 bits per heavy atom. The van der Waals surface area contributed by atoms with Gasteiger partial charge in [-0.1, -0.05) is 6.92 Å². The van der Waals surface area contributed by atoms with Crippen molar-refractivity contribution in [2.24, 2.45) is 5.92 Å². The fraction of sp³-hybridized carbons (Fsp3) is 0.611. The largest absolute Gasteiger partial charge is 0.450 e. The van der Waals surface area contributed by atoms with E-state index in [9.17, 15) is 9.59 Å². The monoisotopic (exact) mass is 359 g/mol. The van der Waals surface area contributed by atoms with E-state index in [4.69, 9.17) is 4.74 Å². The van der Waals surface area contributed by atoms with Crippen LogP contribution in [-0.4, -0.2) is 56.1 Å². The van der Waals surface area contributed by atoms with Crippen LogP contribution in [0, 0.1) is 19.8 Å². The van der Waals surface area contributed by atoms with Crippen molar-refractivity contribution in [1.82, 2.24) is 24.5 Å². The van der Waals surface area contributed by atoms with E-state index in [-0.39, 0.29) is 24.4 Å². The third kappa shape index (κ3) is 3.84. The van der Waals surface area contributed by atoms with Gasteiger partial charge in [0.15, 0.2) is 6.61 Å². The highest BCUT2D eigenvalue weighted by Gasteiger charge is 2.26. The molecule has 0 saturated heterocycles. The van der Waals surface area contributed by atoms with Crippen LogP contribution in [0.3, 0.4) is 0 Å². The lowest BCUT2D eigenvalue weighted by Gasteiger charge is -2.33. The van der Waals surface area contributed by atoms with Crippen molar-refractivity contribution in [3.8, 4) is 0 Å². The maximum Gasteiger partial charge on any atom is 0.378 e. The van der Waals surface area contributed by atoms with Gasteiger partial charge in [0.2, 0.25) is 0 Å². The normalized spacial score (nSPS) is 20.2. The first-order chi connectivity index (χ1) is 12.3. The first-order valence-electron chi connectivity index (χ1n) is 8.99. The molecule has 0 radical (unpaired) electrons. The van der Waals surface area contributed by atoms with Crippen molar-refractivity contribution < 1.29 is 14.3 Å². The molecular weight excluding hydrogens is 334 g/mol. The van der Waals surface area contributed by atoms with Crippen molar-refractivity contribution >= 4 is 17.7 Å². The lowest BCUT2D eigenvalue weighted by molar-refractivity contribution is -0.136. The van der Waals surface area contributed by atoms with E-state index >= 15 is 0 Å². The number of hydrogen-bond acceptors (Lipinski definition) is 6. The minimum Gasteiger partial charge on any atom is -0.450 e. The summed E-state index contributed by atoms with van der Waals surface area (Å²) in [5, 5.41) is 4.12. The number of esters is 1. The molecule has 3 rings (SSSR count). The summed E-state index contributed by atoms with van der Waals surface area (Å²) in [6.45, 7) is 5.64. The summed E-state index contributed by atoms with van der Waals surface area (Å²) in [5.74, 6) is 0.0511. The summed E-state index contributed by atoms with van der Waals surface area (Å²) in [7, 11) is 1.77. The van der Waals surface area contributed by atoms with Gasteiger partial charge in [-0.05, 0) is 51.5 Å². The molecule has 26 heavy (non-hydrogen) atoms. The average molecular weight is 359 g/mol. The Balaban J connectivity index is 1.60. The van der Waals surface area contributed by atoms with E-state index in [1.807, 2.05) is 19.9 Å². The Hall–Kier alpha value is -2.51. The SMILES string of the molecule is Cc1cc(C)n2nc(C(=O)OCC(=O)N(C)C3CCC(C)CC3)nc2n1. The lowest BCUT2D eigenvalue weighted by Crippen LogP contribution is -2.41. The highest BCUT2D eigenvalue weighted by molar-refractivity contribution is 5.88. The number of amides is 1. The number of ether oxygens (including phenoxy) is 1. The van der Waals surface area contributed by atoms with Crippen molar-refractivity contribution in [3.05, 3.63) is 23.3 Å². The van der Waals surface area contributed by atoms with Gasteiger partial charge >= 0.3 is 5.97 Å². The van der Waals surface area contributed by atoms with Crippen LogP contribution in [0.1, 0.15) is 54.6 Å². The van der Waals surface area contributed by atoms with Crippen molar-refractivity contribution in [1.29, 1.82) is 0 Å². The third-order valence-electron chi connectivity index (χ3n) is 5.05. The molecule has 1 aliphatic rings. The number of carbonyl (C=O) groups excluding carboxylic acids is 2. The number of carbonyl (C=O) groups is 2. The van der Waals surface area contributed by atoms with E-state index in [1.54, 1.807) is 11.9 Å². The zero-order chi connectivity index (χ0) is 18.8. The molecule has 8 heteroatoms. The molecule has 1 amide bonds. The summed E-state index contributed by atoms with van der Waals surface area (Å²) in [6, 6.07) is 2.07. The van der Waals surface area contributed by atoms with Crippen LogP contribution in [0.15, 0.2) is 6.07 Å². The molecule has 0 aliphatic heterocycles. The second-order valence-electron chi connectivity index (χ2n) is 7.18. The van der Waals surface area contributed by atoms with Crippen molar-refractivity contribution in [2.75, 3.05) is 13.7 Å². The molecule has 1 aliphatic carbocycles. The molecule has 1 fully saturated rings. The fourth-order valence-electron chi connectivity index (χ4n) is 3.38. The smallest absolute Gasteiger partial charge is 0.378 e. The molecule has 0 N–H and O–H groups in total. The van der Waals surface area contributed by atoms with Crippen LogP contribution in [0.25, 0.3) is 5.78 Å². The van der Waals surface area contributed by atoms with Gasteiger partial charge < -0.3 is 9.64 Å². The average Bonchev–Trinajstić information content (AvgIpc) is 3.04. The number of rotatable bonds is 4. The second kappa shape index (κ2) is 7.39. The predicted molar refractivity (Wildman–Crippen MR) is 94.7 cm³/mol. The molecule has 0 atom stereocenters. The first-order valence-corrected chi connectivity index (χ1v) is 8.99. The molecule has 0 spiro atoms. The molecule has 0 bridgehead atoms. The Morgan fingerprint density at radius 2 is 1.92 bits per heavy atom. The Labute approximate surface area is 152 Å². The molecule has 140 valence electrons. The highest BCUT2D eigenvalue weighted by Crippen LogP contribution is 2.26. The number of nitrogens with zero attached hydrogens (tertiary/aromatic N) is 5. The van der Waals surface area contributed by atoms with Crippen LogP contribution in [-0.2, 0) is 9.53 Å². The van der Waals surface area contributed by atoms with E-state index in [0.717, 1.165) is 43.0 Å². The summed E-state index contributed by atoms with van der Waals surface area (Å²) >= 11 is 0. The second-order valence-corrected chi connectivity index (χ2v) is 7.18. The van der Waals surface area contributed by atoms with E-state index < -0.39 is 5.97 Å². The van der Waals surface area contributed by atoms with Gasteiger partial charge in [0.1, 0.15) is 0 Å². The summed E-state index contributed by atoms with van der Waals surface area (Å²) in [5.41, 5.74) is 1.61. The highest BCUT2D eigenvalue weighted by atomic mass is 16.5. The Kier molecular flexibility index (Phi) is 5.20. The first kappa shape index (κ1) is 18.3. The van der Waals surface area contributed by atoms with Gasteiger partial charge in [0.25, 0.3) is 17.5 Å². The van der Waals surface area contributed by atoms with Crippen molar-refractivity contribution in [2.45, 2.75) is 52.5 Å². The van der Waals surface area contributed by atoms with Crippen LogP contribution >= 0.6 is 0 Å². The number of likely N-dealkylation sites (N-methyl/N-ethyl adjacent to an activating group) is 1. The van der Waals surface area contributed by atoms with Gasteiger partial charge in [-0.25, -0.2) is 14.3 Å². The van der Waals surface area contributed by atoms with Gasteiger partial charge in [-0.15, -0.1) is 5.10 Å². The molecule has 2 aromatic heterocycles. The van der Waals surface area contributed by atoms with Crippen molar-refractivity contribution in [3.63, 3.8) is 0 Å². The minimum atomic E-state index is -0.716. The van der Waals surface area contributed by atoms with E-state index in [2.05, 4.69) is 22.0 Å². The van der Waals surface area contributed by atoms with E-state index in [1.165, 1.54) is 4.52 Å². The molecule has 2 heterocycles. The number of fused-ring (bicyclic) bond motifs is 1. The van der Waals surface area contributed by atoms with Gasteiger partial charge in [-0.3, -0.25) is 4.79 Å². The van der Waals surface area contributed by atoms with Crippen LogP contribution < -0.4 is 0 Å². The molecular formula is C18H25N5O3. The molecule has 2 aromatic rings. The standard InChI is InChI=1S/C18H25N5O3/c1-11-5-7-14(8-6-11)22(4)15(24)10-26-17(25)16-20-18-19-12(2)9-13(3)23(18)21-16/h9,11,14H,5-8,10H2,1-4H3. The molecule has 8 nitrogen and oxygen atoms in total. The van der Waals surface area contributed by atoms with Crippen LogP contribution in [0.2, 0.25) is 0 Å². The Bertz CT molecular complexity index is 824. The van der Waals surface area contributed by atoms with Gasteiger partial charge in [0, 0.05) is 24.5 Å². The third-order valence-corrected chi connectivity index (χ3v) is 5.05. The fourth-order valence-corrected chi connectivity index (χ4v) is 3.38. The number of aryl methyl sites for hydroxylation is 2. The zero-order valence-electron chi connectivity index (χ0n) is 15.7. The summed E-state index contributed by atoms with van der Waals surface area (Å²) < 4.78 is 6.61. The maximum absolute atomic E-state index is 12.3. The topological polar surface area (TPSA) is 89.7 Å². The Morgan fingerprint density at radius 1 is 1.23 bits per heavy atom. The lowest BCUT2D eigenvalue weighted by atomic mass is 9.87. The van der Waals surface area contributed by atoms with Gasteiger partial charge in [0.05, 0.1) is 0 Å². The van der Waals surface area contributed by atoms with Gasteiger partial charge in [-0.2, -0.15) is 4.98 Å². The quantitative estimate of drug-likeness (QED) is 0.775. The maximum atomic E-state index is 12.3. The zero-order valence-corrected chi connectivity index (χ0v) is 15.7. The van der Waals surface area contributed by atoms with E-state index in [0.29, 0.717) is 5.78 Å². The minimum absolute atomic E-state index is 0.0897. The molecule has 1 saturated carbocycles. The van der Waals surface area contributed by atoms with Crippen LogP contribution in [0.4, 0.5) is 0 Å². The number of hydrogen-bond donors (Lipinski definition) is 0. The predicted octanol–water partition coefficient (Wildman–Crippen LogP) is 1.94. The summed E-state index contributed by atoms with van der Waals surface area (Å²) in [4.78, 5) is 34.6. The van der Waals surface area contributed by atoms with Crippen LogP contribution in [0.5, 0.6) is 0 Å².